The predicted octanol–water partition coefficient (Wildman–Crippen LogP) is 0.799. The van der Waals surface area contributed by atoms with E-state index in [9.17, 15) is 5.11 Å². The zero-order valence-electron chi connectivity index (χ0n) is 5.20. The highest BCUT2D eigenvalue weighted by Gasteiger charge is 2.61. The summed E-state index contributed by atoms with van der Waals surface area (Å²) in [6.45, 7) is 0. The maximum absolute atomic E-state index is 9.23. The molecule has 1 N–H and O–H groups in total. The molecular weight excluding hydrogens is 112 g/mol. The van der Waals surface area contributed by atoms with Crippen molar-refractivity contribution in [3.63, 3.8) is 0 Å². The first-order valence-corrected chi connectivity index (χ1v) is 3.74. The molecule has 2 fully saturated rings. The van der Waals surface area contributed by atoms with Gasteiger partial charge in [-0.1, -0.05) is 12.2 Å². The Morgan fingerprint density at radius 3 is 2.33 bits per heavy atom. The summed E-state index contributed by atoms with van der Waals surface area (Å²) in [5.41, 5.74) is 0. The van der Waals surface area contributed by atoms with Gasteiger partial charge in [0.1, 0.15) is 0 Å². The van der Waals surface area contributed by atoms with Gasteiger partial charge in [-0.2, -0.15) is 0 Å². The molecule has 0 saturated heterocycles. The largest absolute Gasteiger partial charge is 0.393 e. The van der Waals surface area contributed by atoms with E-state index in [0.717, 1.165) is 24.2 Å². The van der Waals surface area contributed by atoms with Crippen LogP contribution in [0.2, 0.25) is 0 Å². The van der Waals surface area contributed by atoms with Gasteiger partial charge in [-0.15, -0.1) is 0 Å². The third kappa shape index (κ3) is 0.304. The van der Waals surface area contributed by atoms with E-state index in [1.165, 1.54) is 0 Å². The van der Waals surface area contributed by atoms with Crippen molar-refractivity contribution in [1.82, 2.24) is 0 Å². The van der Waals surface area contributed by atoms with E-state index >= 15 is 0 Å². The van der Waals surface area contributed by atoms with Crippen molar-refractivity contribution < 1.29 is 5.11 Å². The zero-order valence-corrected chi connectivity index (χ0v) is 5.20. The van der Waals surface area contributed by atoms with Crippen LogP contribution in [-0.2, 0) is 0 Å². The predicted molar refractivity (Wildman–Crippen MR) is 33.7 cm³/mol. The Balaban J connectivity index is 1.90. The van der Waals surface area contributed by atoms with Crippen LogP contribution >= 0.6 is 0 Å². The fraction of sp³-hybridized carbons (Fsp3) is 0.750. The molecule has 0 aromatic heterocycles. The minimum absolute atomic E-state index is 0.0567. The van der Waals surface area contributed by atoms with Crippen LogP contribution in [-0.4, -0.2) is 11.2 Å². The Labute approximate surface area is 54.4 Å². The van der Waals surface area contributed by atoms with Crippen LogP contribution in [0, 0.1) is 23.7 Å². The molecule has 0 amide bonds. The lowest BCUT2D eigenvalue weighted by Gasteiger charge is -2.64. The van der Waals surface area contributed by atoms with Crippen molar-refractivity contribution in [1.29, 1.82) is 0 Å². The average Bonchev–Trinajstić information content (AvgIpc) is 1.79. The smallest absolute Gasteiger partial charge is 0.0580 e. The number of fused-ring (bicyclic) bond motifs is 4. The highest BCUT2D eigenvalue weighted by Crippen LogP contribution is 2.63. The third-order valence-electron chi connectivity index (χ3n) is 3.39. The van der Waals surface area contributed by atoms with Gasteiger partial charge in [0.2, 0.25) is 0 Å². The summed E-state index contributed by atoms with van der Waals surface area (Å²) in [6.07, 6.45) is 5.70. The SMILES string of the molecule is O[C@H]1C[C@H]2[C@H]3C=C[C@@H]3[C@@H]21. The van der Waals surface area contributed by atoms with Crippen molar-refractivity contribution in [3.8, 4) is 0 Å². The Hall–Kier alpha value is -0.300. The fourth-order valence-electron chi connectivity index (χ4n) is 2.67. The van der Waals surface area contributed by atoms with E-state index in [1.54, 1.807) is 0 Å². The molecule has 5 atom stereocenters. The Morgan fingerprint density at radius 1 is 1.22 bits per heavy atom. The van der Waals surface area contributed by atoms with E-state index in [0.29, 0.717) is 5.92 Å². The van der Waals surface area contributed by atoms with Crippen LogP contribution < -0.4 is 0 Å². The molecule has 3 aliphatic carbocycles. The Morgan fingerprint density at radius 2 is 2.00 bits per heavy atom. The minimum atomic E-state index is 0.0567. The minimum Gasteiger partial charge on any atom is -0.393 e. The molecule has 3 rings (SSSR count). The molecule has 0 aromatic rings. The molecule has 9 heavy (non-hydrogen) atoms. The average molecular weight is 122 g/mol. The number of rotatable bonds is 0. The van der Waals surface area contributed by atoms with Crippen LogP contribution in [0.25, 0.3) is 0 Å². The summed E-state index contributed by atoms with van der Waals surface area (Å²) in [4.78, 5) is 0. The van der Waals surface area contributed by atoms with Crippen molar-refractivity contribution >= 4 is 0 Å². The summed E-state index contributed by atoms with van der Waals surface area (Å²) in [5, 5.41) is 9.23. The Bertz CT molecular complexity index is 185. The molecule has 0 unspecified atom stereocenters. The molecule has 48 valence electrons. The molecule has 0 aromatic carbocycles. The summed E-state index contributed by atoms with van der Waals surface area (Å²) in [7, 11) is 0. The molecule has 0 bridgehead atoms. The maximum Gasteiger partial charge on any atom is 0.0580 e. The lowest BCUT2D eigenvalue weighted by molar-refractivity contribution is -0.167. The molecular formula is C8H10O. The van der Waals surface area contributed by atoms with Gasteiger partial charge >= 0.3 is 0 Å². The lowest BCUT2D eigenvalue weighted by Crippen LogP contribution is -2.62. The second-order valence-corrected chi connectivity index (χ2v) is 3.58. The molecule has 1 heteroatoms. The molecule has 2 saturated carbocycles. The fourth-order valence-corrected chi connectivity index (χ4v) is 2.67. The number of hydrogen-bond acceptors (Lipinski definition) is 1. The van der Waals surface area contributed by atoms with Gasteiger partial charge in [0.05, 0.1) is 6.10 Å². The lowest BCUT2D eigenvalue weighted by atomic mass is 9.42. The third-order valence-corrected chi connectivity index (χ3v) is 3.39. The van der Waals surface area contributed by atoms with E-state index in [1.807, 2.05) is 0 Å². The standard InChI is InChI=1S/C8H10O/c9-7-3-6-4-1-2-5(4)8(6)7/h1-2,4-9H,3H2/t4-,5-,6-,7-,8-/m0/s1. The normalized spacial score (nSPS) is 66.6. The zero-order chi connectivity index (χ0) is 6.01. The van der Waals surface area contributed by atoms with Gasteiger partial charge in [0, 0.05) is 0 Å². The van der Waals surface area contributed by atoms with E-state index in [2.05, 4.69) is 12.2 Å². The van der Waals surface area contributed by atoms with Gasteiger partial charge in [-0.05, 0) is 30.1 Å². The quantitative estimate of drug-likeness (QED) is 0.471. The summed E-state index contributed by atoms with van der Waals surface area (Å²) in [6, 6.07) is 0. The van der Waals surface area contributed by atoms with Crippen LogP contribution in [0.3, 0.4) is 0 Å². The van der Waals surface area contributed by atoms with E-state index in [-0.39, 0.29) is 6.10 Å². The van der Waals surface area contributed by atoms with Crippen molar-refractivity contribution in [2.24, 2.45) is 23.7 Å². The second-order valence-electron chi connectivity index (χ2n) is 3.58. The number of allylic oxidation sites excluding steroid dienone is 2. The van der Waals surface area contributed by atoms with Crippen LogP contribution in [0.4, 0.5) is 0 Å². The molecule has 0 spiro atoms. The summed E-state index contributed by atoms with van der Waals surface area (Å²) >= 11 is 0. The molecule has 0 radical (unpaired) electrons. The van der Waals surface area contributed by atoms with Gasteiger partial charge in [0.15, 0.2) is 0 Å². The molecule has 0 heterocycles. The van der Waals surface area contributed by atoms with Crippen LogP contribution in [0.15, 0.2) is 12.2 Å². The maximum atomic E-state index is 9.23. The summed E-state index contributed by atoms with van der Waals surface area (Å²) in [5.74, 6) is 3.24. The van der Waals surface area contributed by atoms with Crippen LogP contribution in [0.5, 0.6) is 0 Å². The number of aliphatic hydroxyl groups is 1. The van der Waals surface area contributed by atoms with Crippen molar-refractivity contribution in [3.05, 3.63) is 12.2 Å². The Kier molecular flexibility index (Phi) is 0.552. The first kappa shape index (κ1) is 4.51. The topological polar surface area (TPSA) is 20.2 Å². The highest BCUT2D eigenvalue weighted by molar-refractivity contribution is 5.26. The summed E-state index contributed by atoms with van der Waals surface area (Å²) < 4.78 is 0. The van der Waals surface area contributed by atoms with E-state index < -0.39 is 0 Å². The number of hydrogen-bond donors (Lipinski definition) is 1. The monoisotopic (exact) mass is 122 g/mol. The van der Waals surface area contributed by atoms with Crippen molar-refractivity contribution in [2.45, 2.75) is 12.5 Å². The number of aliphatic hydroxyl groups excluding tert-OH is 1. The second kappa shape index (κ2) is 1.10. The van der Waals surface area contributed by atoms with Crippen LogP contribution in [0.1, 0.15) is 6.42 Å². The first-order chi connectivity index (χ1) is 4.38. The molecule has 1 nitrogen and oxygen atoms in total. The highest BCUT2D eigenvalue weighted by atomic mass is 16.3. The molecule has 3 aliphatic rings. The van der Waals surface area contributed by atoms with Gasteiger partial charge in [-0.3, -0.25) is 0 Å². The molecule has 0 aliphatic heterocycles. The first-order valence-electron chi connectivity index (χ1n) is 3.74. The van der Waals surface area contributed by atoms with Gasteiger partial charge < -0.3 is 5.11 Å². The van der Waals surface area contributed by atoms with Gasteiger partial charge in [-0.25, -0.2) is 0 Å². The van der Waals surface area contributed by atoms with Crippen molar-refractivity contribution in [2.75, 3.05) is 0 Å². The van der Waals surface area contributed by atoms with E-state index in [4.69, 9.17) is 0 Å². The van der Waals surface area contributed by atoms with Gasteiger partial charge in [0.25, 0.3) is 0 Å².